The van der Waals surface area contributed by atoms with Crippen molar-refractivity contribution in [3.8, 4) is 5.75 Å². The summed E-state index contributed by atoms with van der Waals surface area (Å²) in [7, 11) is 0. The van der Waals surface area contributed by atoms with Gasteiger partial charge in [-0.05, 0) is 50.3 Å². The zero-order chi connectivity index (χ0) is 16.6. The van der Waals surface area contributed by atoms with Gasteiger partial charge in [0.25, 0.3) is 0 Å². The van der Waals surface area contributed by atoms with E-state index in [9.17, 15) is 14.7 Å². The summed E-state index contributed by atoms with van der Waals surface area (Å²) in [4.78, 5) is 26.5. The number of anilines is 1. The number of rotatable bonds is 3. The third kappa shape index (κ3) is 3.61. The third-order valence-corrected chi connectivity index (χ3v) is 4.77. The molecule has 1 heterocycles. The number of hydrogen-bond acceptors (Lipinski definition) is 3. The van der Waals surface area contributed by atoms with E-state index in [0.29, 0.717) is 22.8 Å². The Morgan fingerprint density at radius 2 is 2.00 bits per heavy atom. The molecule has 2 aliphatic rings. The van der Waals surface area contributed by atoms with Gasteiger partial charge in [-0.25, -0.2) is 0 Å². The Morgan fingerprint density at radius 3 is 2.70 bits per heavy atom. The number of aromatic hydroxyl groups is 1. The molecule has 1 aliphatic heterocycles. The first-order chi connectivity index (χ1) is 11.0. The number of halogens is 1. The first kappa shape index (κ1) is 16.1. The molecule has 6 heteroatoms. The summed E-state index contributed by atoms with van der Waals surface area (Å²) in [6.45, 7) is 2.93. The summed E-state index contributed by atoms with van der Waals surface area (Å²) < 4.78 is 0. The molecule has 1 saturated carbocycles. The second kappa shape index (κ2) is 6.40. The van der Waals surface area contributed by atoms with Crippen LogP contribution in [0.25, 0.3) is 0 Å². The highest BCUT2D eigenvalue weighted by Crippen LogP contribution is 2.34. The van der Waals surface area contributed by atoms with Crippen molar-refractivity contribution in [2.45, 2.75) is 32.6 Å². The number of amides is 2. The van der Waals surface area contributed by atoms with Gasteiger partial charge in [0.15, 0.2) is 0 Å². The summed E-state index contributed by atoms with van der Waals surface area (Å²) in [5.41, 5.74) is 0.938. The quantitative estimate of drug-likeness (QED) is 0.834. The van der Waals surface area contributed by atoms with Crippen LogP contribution in [-0.4, -0.2) is 34.9 Å². The number of hydrogen-bond donors (Lipinski definition) is 2. The fourth-order valence-corrected chi connectivity index (χ4v) is 3.32. The maximum atomic E-state index is 12.5. The number of phenolic OH excluding ortho intramolecular Hbond substituents is 1. The molecule has 5 nitrogen and oxygen atoms in total. The summed E-state index contributed by atoms with van der Waals surface area (Å²) in [6.07, 6.45) is 3.53. The van der Waals surface area contributed by atoms with Gasteiger partial charge < -0.3 is 15.3 Å². The Hall–Kier alpha value is -1.75. The molecule has 1 aromatic carbocycles. The van der Waals surface area contributed by atoms with Gasteiger partial charge in [-0.1, -0.05) is 11.6 Å². The zero-order valence-corrected chi connectivity index (χ0v) is 13.9. The van der Waals surface area contributed by atoms with Crippen LogP contribution in [0, 0.1) is 18.8 Å². The molecule has 0 bridgehead atoms. The smallest absolute Gasteiger partial charge is 0.229 e. The van der Waals surface area contributed by atoms with Gasteiger partial charge in [0.1, 0.15) is 5.75 Å². The lowest BCUT2D eigenvalue weighted by atomic mass is 9.96. The van der Waals surface area contributed by atoms with Crippen molar-refractivity contribution in [1.29, 1.82) is 0 Å². The molecule has 0 aromatic heterocycles. The van der Waals surface area contributed by atoms with Crippen LogP contribution in [0.3, 0.4) is 0 Å². The minimum Gasteiger partial charge on any atom is -0.505 e. The number of piperidine rings is 1. The maximum absolute atomic E-state index is 12.5. The standard InChI is InChI=1S/C17H21ClN2O3/c1-10-7-13(18)8-14(15(10)21)19-16(22)12-3-2-6-20(9-12)17(23)11-4-5-11/h7-8,11-12,21H,2-6,9H2,1H3,(H,19,22). The highest BCUT2D eigenvalue weighted by Gasteiger charge is 2.36. The molecule has 2 amide bonds. The van der Waals surface area contributed by atoms with Crippen LogP contribution >= 0.6 is 11.6 Å². The number of nitrogens with one attached hydrogen (secondary N) is 1. The van der Waals surface area contributed by atoms with Gasteiger partial charge in [0.05, 0.1) is 11.6 Å². The van der Waals surface area contributed by atoms with Crippen LogP contribution in [-0.2, 0) is 9.59 Å². The van der Waals surface area contributed by atoms with Crippen LogP contribution in [0.15, 0.2) is 12.1 Å². The van der Waals surface area contributed by atoms with Crippen LogP contribution in [0.2, 0.25) is 5.02 Å². The van der Waals surface area contributed by atoms with E-state index in [1.54, 1.807) is 13.0 Å². The Bertz CT molecular complexity index is 643. The molecule has 23 heavy (non-hydrogen) atoms. The van der Waals surface area contributed by atoms with Gasteiger partial charge in [0, 0.05) is 24.0 Å². The van der Waals surface area contributed by atoms with E-state index in [-0.39, 0.29) is 29.4 Å². The number of carbonyl (C=O) groups is 2. The van der Waals surface area contributed by atoms with Crippen LogP contribution < -0.4 is 5.32 Å². The minimum atomic E-state index is -0.245. The molecule has 124 valence electrons. The number of benzene rings is 1. The second-order valence-electron chi connectivity index (χ2n) is 6.51. The van der Waals surface area contributed by atoms with Crippen molar-refractivity contribution in [3.63, 3.8) is 0 Å². The van der Waals surface area contributed by atoms with Crippen molar-refractivity contribution < 1.29 is 14.7 Å². The number of aryl methyl sites for hydroxylation is 1. The van der Waals surface area contributed by atoms with Gasteiger partial charge in [-0.2, -0.15) is 0 Å². The lowest BCUT2D eigenvalue weighted by Gasteiger charge is -2.32. The van der Waals surface area contributed by atoms with E-state index in [1.165, 1.54) is 6.07 Å². The Morgan fingerprint density at radius 1 is 1.26 bits per heavy atom. The Labute approximate surface area is 140 Å². The van der Waals surface area contributed by atoms with E-state index in [1.807, 2.05) is 4.90 Å². The molecule has 3 rings (SSSR count). The molecule has 1 unspecified atom stereocenters. The van der Waals surface area contributed by atoms with Gasteiger partial charge in [-0.15, -0.1) is 0 Å². The SMILES string of the molecule is Cc1cc(Cl)cc(NC(=O)C2CCCN(C(=O)C3CC3)C2)c1O. The van der Waals surface area contributed by atoms with Crippen LogP contribution in [0.4, 0.5) is 5.69 Å². The molecule has 2 N–H and O–H groups in total. The molecule has 1 atom stereocenters. The number of likely N-dealkylation sites (tertiary alicyclic amines) is 1. The fourth-order valence-electron chi connectivity index (χ4n) is 3.05. The van der Waals surface area contributed by atoms with E-state index in [2.05, 4.69) is 5.32 Å². The first-order valence-corrected chi connectivity index (χ1v) is 8.42. The largest absolute Gasteiger partial charge is 0.505 e. The normalized spacial score (nSPS) is 21.1. The summed E-state index contributed by atoms with van der Waals surface area (Å²) in [6, 6.07) is 3.18. The predicted octanol–water partition coefficient (Wildman–Crippen LogP) is 2.94. The molecule has 0 spiro atoms. The number of nitrogens with zero attached hydrogens (tertiary/aromatic N) is 1. The molecular formula is C17H21ClN2O3. The maximum Gasteiger partial charge on any atom is 0.229 e. The summed E-state index contributed by atoms with van der Waals surface area (Å²) in [5.74, 6) is -0.0229. The lowest BCUT2D eigenvalue weighted by molar-refractivity contribution is -0.135. The highest BCUT2D eigenvalue weighted by atomic mass is 35.5. The average Bonchev–Trinajstić information content (AvgIpc) is 3.36. The molecule has 2 fully saturated rings. The van der Waals surface area contributed by atoms with E-state index >= 15 is 0 Å². The van der Waals surface area contributed by atoms with Crippen molar-refractivity contribution in [3.05, 3.63) is 22.7 Å². The molecule has 0 radical (unpaired) electrons. The monoisotopic (exact) mass is 336 g/mol. The Kier molecular flexibility index (Phi) is 4.48. The fraction of sp³-hybridized carbons (Fsp3) is 0.529. The van der Waals surface area contributed by atoms with Crippen LogP contribution in [0.5, 0.6) is 5.75 Å². The molecule has 1 saturated heterocycles. The van der Waals surface area contributed by atoms with Crippen molar-refractivity contribution in [2.75, 3.05) is 18.4 Å². The van der Waals surface area contributed by atoms with Gasteiger partial charge in [-0.3, -0.25) is 9.59 Å². The van der Waals surface area contributed by atoms with Crippen molar-refractivity contribution >= 4 is 29.1 Å². The highest BCUT2D eigenvalue weighted by molar-refractivity contribution is 6.31. The predicted molar refractivity (Wildman–Crippen MR) is 88.5 cm³/mol. The molecule has 1 aliphatic carbocycles. The topological polar surface area (TPSA) is 69.6 Å². The van der Waals surface area contributed by atoms with Gasteiger partial charge in [0.2, 0.25) is 11.8 Å². The van der Waals surface area contributed by atoms with E-state index < -0.39 is 0 Å². The number of phenols is 1. The van der Waals surface area contributed by atoms with Crippen LogP contribution in [0.1, 0.15) is 31.2 Å². The summed E-state index contributed by atoms with van der Waals surface area (Å²) in [5, 5.41) is 13.3. The zero-order valence-electron chi connectivity index (χ0n) is 13.1. The average molecular weight is 337 g/mol. The van der Waals surface area contributed by atoms with Gasteiger partial charge >= 0.3 is 0 Å². The summed E-state index contributed by atoms with van der Waals surface area (Å²) >= 11 is 5.98. The third-order valence-electron chi connectivity index (χ3n) is 4.55. The molecular weight excluding hydrogens is 316 g/mol. The van der Waals surface area contributed by atoms with Crippen molar-refractivity contribution in [2.24, 2.45) is 11.8 Å². The van der Waals surface area contributed by atoms with E-state index in [4.69, 9.17) is 11.6 Å². The minimum absolute atomic E-state index is 0.0319. The van der Waals surface area contributed by atoms with Crippen molar-refractivity contribution in [1.82, 2.24) is 4.90 Å². The Balaban J connectivity index is 1.67. The second-order valence-corrected chi connectivity index (χ2v) is 6.94. The lowest BCUT2D eigenvalue weighted by Crippen LogP contribution is -2.44. The molecule has 1 aromatic rings. The first-order valence-electron chi connectivity index (χ1n) is 8.04. The van der Waals surface area contributed by atoms with E-state index in [0.717, 1.165) is 32.2 Å². The number of carbonyl (C=O) groups excluding carboxylic acids is 2.